The van der Waals surface area contributed by atoms with Crippen LogP contribution in [0.4, 0.5) is 5.69 Å². The van der Waals surface area contributed by atoms with Crippen molar-refractivity contribution in [2.45, 2.75) is 6.54 Å². The highest BCUT2D eigenvalue weighted by molar-refractivity contribution is 6.32. The molecule has 2 aromatic rings. The molecule has 0 aliphatic carbocycles. The van der Waals surface area contributed by atoms with Crippen molar-refractivity contribution in [1.82, 2.24) is 9.78 Å². The van der Waals surface area contributed by atoms with Gasteiger partial charge in [0.25, 0.3) is 0 Å². The van der Waals surface area contributed by atoms with Crippen LogP contribution >= 0.6 is 11.6 Å². The number of anilines is 1. The first-order valence-corrected chi connectivity index (χ1v) is 6.08. The summed E-state index contributed by atoms with van der Waals surface area (Å²) in [6, 6.07) is 6.91. The van der Waals surface area contributed by atoms with Crippen LogP contribution in [0.25, 0.3) is 0 Å². The van der Waals surface area contributed by atoms with Gasteiger partial charge in [0.1, 0.15) is 11.6 Å². The van der Waals surface area contributed by atoms with Gasteiger partial charge in [-0.1, -0.05) is 11.6 Å². The molecule has 0 saturated heterocycles. The van der Waals surface area contributed by atoms with Crippen molar-refractivity contribution in [2.24, 2.45) is 7.05 Å². The Labute approximate surface area is 120 Å². The summed E-state index contributed by atoms with van der Waals surface area (Å²) >= 11 is 5.93. The Morgan fingerprint density at radius 2 is 2.35 bits per heavy atom. The summed E-state index contributed by atoms with van der Waals surface area (Å²) < 4.78 is 1.50. The van der Waals surface area contributed by atoms with Gasteiger partial charge in [0, 0.05) is 12.7 Å². The van der Waals surface area contributed by atoms with Crippen LogP contribution in [0.15, 0.2) is 24.4 Å². The smallest absolute Gasteiger partial charge is 0.339 e. The van der Waals surface area contributed by atoms with Gasteiger partial charge in [-0.25, -0.2) is 4.79 Å². The molecule has 0 atom stereocenters. The Balaban J connectivity index is 2.17. The third-order valence-corrected chi connectivity index (χ3v) is 3.15. The van der Waals surface area contributed by atoms with Crippen molar-refractivity contribution < 1.29 is 9.90 Å². The monoisotopic (exact) mass is 290 g/mol. The van der Waals surface area contributed by atoms with Gasteiger partial charge in [-0.15, -0.1) is 0 Å². The van der Waals surface area contributed by atoms with Gasteiger partial charge in [-0.3, -0.25) is 4.68 Å². The number of nitrogens with one attached hydrogen (secondary N) is 1. The lowest BCUT2D eigenvalue weighted by atomic mass is 10.2. The normalized spacial score (nSPS) is 10.1. The molecule has 0 aliphatic heterocycles. The second kappa shape index (κ2) is 5.63. The zero-order valence-corrected chi connectivity index (χ0v) is 11.3. The van der Waals surface area contributed by atoms with E-state index in [1.807, 2.05) is 6.07 Å². The molecule has 7 heteroatoms. The zero-order chi connectivity index (χ0) is 14.7. The number of aromatic carboxylic acids is 1. The number of carboxylic acids is 1. The van der Waals surface area contributed by atoms with E-state index >= 15 is 0 Å². The van der Waals surface area contributed by atoms with Gasteiger partial charge >= 0.3 is 5.97 Å². The van der Waals surface area contributed by atoms with Crippen molar-refractivity contribution in [3.8, 4) is 6.07 Å². The van der Waals surface area contributed by atoms with Crippen LogP contribution < -0.4 is 5.32 Å². The Hall–Kier alpha value is -2.52. The van der Waals surface area contributed by atoms with Gasteiger partial charge in [0.05, 0.1) is 29.0 Å². The molecule has 0 bridgehead atoms. The van der Waals surface area contributed by atoms with E-state index in [1.54, 1.807) is 25.2 Å². The Kier molecular flexibility index (Phi) is 3.91. The third-order valence-electron chi connectivity index (χ3n) is 2.84. The Morgan fingerprint density at radius 3 is 2.95 bits per heavy atom. The first-order valence-electron chi connectivity index (χ1n) is 5.70. The first-order chi connectivity index (χ1) is 9.52. The molecule has 0 amide bonds. The average molecular weight is 291 g/mol. The number of hydrogen-bond acceptors (Lipinski definition) is 4. The van der Waals surface area contributed by atoms with E-state index in [0.717, 1.165) is 0 Å². The maximum Gasteiger partial charge on any atom is 0.339 e. The molecule has 1 heterocycles. The van der Waals surface area contributed by atoms with Crippen LogP contribution in [-0.2, 0) is 13.6 Å². The molecule has 0 radical (unpaired) electrons. The minimum Gasteiger partial charge on any atom is -0.478 e. The van der Waals surface area contributed by atoms with Gasteiger partial charge in [0.2, 0.25) is 0 Å². The van der Waals surface area contributed by atoms with Gasteiger partial charge in [-0.2, -0.15) is 10.4 Å². The zero-order valence-electron chi connectivity index (χ0n) is 10.6. The van der Waals surface area contributed by atoms with Gasteiger partial charge < -0.3 is 10.4 Å². The van der Waals surface area contributed by atoms with Crippen molar-refractivity contribution >= 4 is 23.3 Å². The first kappa shape index (κ1) is 13.9. The standard InChI is InChI=1S/C13H11ClN4O2/c1-18-12(10(6-17-18)13(19)20)7-16-9-3-2-8(5-15)11(14)4-9/h2-4,6,16H,7H2,1H3,(H,19,20). The number of carboxylic acid groups (broad SMARTS) is 1. The van der Waals surface area contributed by atoms with Gasteiger partial charge in [0.15, 0.2) is 0 Å². The summed E-state index contributed by atoms with van der Waals surface area (Å²) in [5.41, 5.74) is 1.80. The molecule has 2 N–H and O–H groups in total. The number of carbonyl (C=O) groups is 1. The number of nitriles is 1. The van der Waals surface area contributed by atoms with Crippen LogP contribution in [0, 0.1) is 11.3 Å². The Morgan fingerprint density at radius 1 is 1.60 bits per heavy atom. The lowest BCUT2D eigenvalue weighted by Crippen LogP contribution is -2.10. The summed E-state index contributed by atoms with van der Waals surface area (Å²) in [4.78, 5) is 11.0. The van der Waals surface area contributed by atoms with Gasteiger partial charge in [-0.05, 0) is 18.2 Å². The predicted octanol–water partition coefficient (Wildman–Crippen LogP) is 2.26. The van der Waals surface area contributed by atoms with Crippen molar-refractivity contribution in [3.05, 3.63) is 46.2 Å². The van der Waals surface area contributed by atoms with Crippen LogP contribution in [0.3, 0.4) is 0 Å². The minimum atomic E-state index is -1.02. The molecule has 0 fully saturated rings. The number of rotatable bonds is 4. The maximum atomic E-state index is 11.0. The number of halogens is 1. The fraction of sp³-hybridized carbons (Fsp3) is 0.154. The van der Waals surface area contributed by atoms with Crippen LogP contribution in [-0.4, -0.2) is 20.9 Å². The highest BCUT2D eigenvalue weighted by Crippen LogP contribution is 2.21. The summed E-state index contributed by atoms with van der Waals surface area (Å²) in [6.07, 6.45) is 1.31. The number of aryl methyl sites for hydroxylation is 1. The molecule has 1 aromatic carbocycles. The summed E-state index contributed by atoms with van der Waals surface area (Å²) in [5.74, 6) is -1.02. The molecule has 0 unspecified atom stereocenters. The number of hydrogen-bond donors (Lipinski definition) is 2. The number of benzene rings is 1. The second-order valence-electron chi connectivity index (χ2n) is 4.09. The summed E-state index contributed by atoms with van der Waals surface area (Å²) in [5, 5.41) is 25.2. The van der Waals surface area contributed by atoms with Crippen molar-refractivity contribution in [3.63, 3.8) is 0 Å². The highest BCUT2D eigenvalue weighted by Gasteiger charge is 2.14. The van der Waals surface area contributed by atoms with Crippen LogP contribution in [0.2, 0.25) is 5.02 Å². The van der Waals surface area contributed by atoms with E-state index < -0.39 is 5.97 Å². The van der Waals surface area contributed by atoms with Crippen LogP contribution in [0.1, 0.15) is 21.6 Å². The number of aromatic nitrogens is 2. The van der Waals surface area contributed by atoms with E-state index in [-0.39, 0.29) is 5.56 Å². The molecule has 6 nitrogen and oxygen atoms in total. The van der Waals surface area contributed by atoms with E-state index in [2.05, 4.69) is 10.4 Å². The largest absolute Gasteiger partial charge is 0.478 e. The summed E-state index contributed by atoms with van der Waals surface area (Å²) in [6.45, 7) is 0.292. The number of nitrogens with zero attached hydrogens (tertiary/aromatic N) is 3. The molecule has 102 valence electrons. The van der Waals surface area contributed by atoms with E-state index in [0.29, 0.717) is 28.5 Å². The van der Waals surface area contributed by atoms with Crippen molar-refractivity contribution in [2.75, 3.05) is 5.32 Å². The molecule has 20 heavy (non-hydrogen) atoms. The molecule has 0 saturated carbocycles. The topological polar surface area (TPSA) is 90.9 Å². The Bertz CT molecular complexity index is 703. The SMILES string of the molecule is Cn1ncc(C(=O)O)c1CNc1ccc(C#N)c(Cl)c1. The predicted molar refractivity (Wildman–Crippen MR) is 73.7 cm³/mol. The molecular formula is C13H11ClN4O2. The maximum absolute atomic E-state index is 11.0. The van der Waals surface area contributed by atoms with E-state index in [9.17, 15) is 4.79 Å². The molecular weight excluding hydrogens is 280 g/mol. The minimum absolute atomic E-state index is 0.153. The molecule has 0 spiro atoms. The average Bonchev–Trinajstić information content (AvgIpc) is 2.78. The fourth-order valence-electron chi connectivity index (χ4n) is 1.75. The quantitative estimate of drug-likeness (QED) is 0.901. The van der Waals surface area contributed by atoms with E-state index in [1.165, 1.54) is 10.9 Å². The second-order valence-corrected chi connectivity index (χ2v) is 4.50. The lowest BCUT2D eigenvalue weighted by molar-refractivity contribution is 0.0695. The molecule has 0 aliphatic rings. The summed E-state index contributed by atoms with van der Waals surface area (Å²) in [7, 11) is 1.68. The van der Waals surface area contributed by atoms with Crippen molar-refractivity contribution in [1.29, 1.82) is 5.26 Å². The lowest BCUT2D eigenvalue weighted by Gasteiger charge is -2.08. The fourth-order valence-corrected chi connectivity index (χ4v) is 1.98. The highest BCUT2D eigenvalue weighted by atomic mass is 35.5. The molecule has 1 aromatic heterocycles. The van der Waals surface area contributed by atoms with E-state index in [4.69, 9.17) is 22.0 Å². The van der Waals surface area contributed by atoms with Crippen LogP contribution in [0.5, 0.6) is 0 Å². The third kappa shape index (κ3) is 2.73. The molecule has 2 rings (SSSR count).